The molecular formula is C12H11FN2O. The number of aliphatic hydroxyl groups excluding tert-OH is 1. The molecule has 16 heavy (non-hydrogen) atoms. The van der Waals surface area contributed by atoms with Crippen molar-refractivity contribution in [3.63, 3.8) is 0 Å². The molecule has 0 saturated carbocycles. The smallest absolute Gasteiger partial charge is 0.128 e. The first-order chi connectivity index (χ1) is 7.81. The molecule has 82 valence electrons. The van der Waals surface area contributed by atoms with Crippen LogP contribution in [0, 0.1) is 0 Å². The minimum atomic E-state index is -0.422. The summed E-state index contributed by atoms with van der Waals surface area (Å²) >= 11 is 0. The van der Waals surface area contributed by atoms with Gasteiger partial charge in [-0.3, -0.25) is 0 Å². The SMILES string of the molecule is OCC=C(F)c1ccc(-n2cccn2)cc1. The monoisotopic (exact) mass is 218 g/mol. The normalized spacial score (nSPS) is 11.8. The van der Waals surface area contributed by atoms with Crippen molar-refractivity contribution in [1.82, 2.24) is 9.78 Å². The Kier molecular flexibility index (Phi) is 3.12. The summed E-state index contributed by atoms with van der Waals surface area (Å²) in [5.41, 5.74) is 1.32. The molecule has 1 aromatic heterocycles. The van der Waals surface area contributed by atoms with E-state index in [1.54, 1.807) is 35.1 Å². The number of aliphatic hydroxyl groups is 1. The molecule has 0 amide bonds. The lowest BCUT2D eigenvalue weighted by molar-refractivity contribution is 0.342. The van der Waals surface area contributed by atoms with E-state index in [-0.39, 0.29) is 6.61 Å². The van der Waals surface area contributed by atoms with E-state index >= 15 is 0 Å². The Balaban J connectivity index is 2.26. The second-order valence-corrected chi connectivity index (χ2v) is 3.23. The van der Waals surface area contributed by atoms with E-state index in [1.165, 1.54) is 0 Å². The summed E-state index contributed by atoms with van der Waals surface area (Å²) in [7, 11) is 0. The Morgan fingerprint density at radius 3 is 2.69 bits per heavy atom. The highest BCUT2D eigenvalue weighted by molar-refractivity contribution is 5.60. The van der Waals surface area contributed by atoms with Crippen LogP contribution in [0.2, 0.25) is 0 Å². The highest BCUT2D eigenvalue weighted by atomic mass is 19.1. The second-order valence-electron chi connectivity index (χ2n) is 3.23. The average Bonchev–Trinajstić information content (AvgIpc) is 2.83. The molecule has 2 rings (SSSR count). The third-order valence-corrected chi connectivity index (χ3v) is 2.18. The number of benzene rings is 1. The molecule has 2 aromatic rings. The van der Waals surface area contributed by atoms with E-state index < -0.39 is 5.83 Å². The van der Waals surface area contributed by atoms with Crippen LogP contribution >= 0.6 is 0 Å². The molecule has 1 heterocycles. The molecule has 0 aliphatic rings. The van der Waals surface area contributed by atoms with Crippen LogP contribution in [-0.2, 0) is 0 Å². The lowest BCUT2D eigenvalue weighted by Gasteiger charge is -2.02. The fourth-order valence-electron chi connectivity index (χ4n) is 1.39. The molecule has 0 bridgehead atoms. The van der Waals surface area contributed by atoms with Crippen molar-refractivity contribution in [2.24, 2.45) is 0 Å². The molecule has 1 N–H and O–H groups in total. The molecule has 0 atom stereocenters. The summed E-state index contributed by atoms with van der Waals surface area (Å²) in [4.78, 5) is 0. The van der Waals surface area contributed by atoms with E-state index in [9.17, 15) is 4.39 Å². The van der Waals surface area contributed by atoms with Gasteiger partial charge in [0, 0.05) is 18.0 Å². The molecule has 4 heteroatoms. The van der Waals surface area contributed by atoms with Gasteiger partial charge in [0.15, 0.2) is 0 Å². The van der Waals surface area contributed by atoms with Crippen LogP contribution in [0.25, 0.3) is 11.5 Å². The van der Waals surface area contributed by atoms with Crippen molar-refractivity contribution in [2.75, 3.05) is 6.61 Å². The maximum Gasteiger partial charge on any atom is 0.128 e. The lowest BCUT2D eigenvalue weighted by Crippen LogP contribution is -1.93. The van der Waals surface area contributed by atoms with Gasteiger partial charge in [0.25, 0.3) is 0 Å². The van der Waals surface area contributed by atoms with Crippen molar-refractivity contribution in [2.45, 2.75) is 0 Å². The standard InChI is InChI=1S/C12H11FN2O/c13-12(6-9-16)10-2-4-11(5-3-10)15-8-1-7-14-15/h1-8,16H,9H2. The molecule has 0 unspecified atom stereocenters. The zero-order valence-electron chi connectivity index (χ0n) is 8.55. The third-order valence-electron chi connectivity index (χ3n) is 2.18. The highest BCUT2D eigenvalue weighted by Gasteiger charge is 2.00. The molecular weight excluding hydrogens is 207 g/mol. The maximum absolute atomic E-state index is 13.3. The minimum Gasteiger partial charge on any atom is -0.392 e. The van der Waals surface area contributed by atoms with Crippen molar-refractivity contribution in [3.05, 3.63) is 54.4 Å². The van der Waals surface area contributed by atoms with Gasteiger partial charge in [0.1, 0.15) is 5.83 Å². The molecule has 0 spiro atoms. The van der Waals surface area contributed by atoms with Gasteiger partial charge in [0.2, 0.25) is 0 Å². The van der Waals surface area contributed by atoms with E-state index in [1.807, 2.05) is 12.3 Å². The summed E-state index contributed by atoms with van der Waals surface area (Å²) in [6.07, 6.45) is 4.62. The molecule has 0 radical (unpaired) electrons. The Labute approximate surface area is 92.5 Å². The van der Waals surface area contributed by atoms with Crippen molar-refractivity contribution in [3.8, 4) is 5.69 Å². The summed E-state index contributed by atoms with van der Waals surface area (Å²) in [5, 5.41) is 12.6. The van der Waals surface area contributed by atoms with Crippen LogP contribution in [0.4, 0.5) is 4.39 Å². The molecule has 0 aliphatic carbocycles. The fourth-order valence-corrected chi connectivity index (χ4v) is 1.39. The van der Waals surface area contributed by atoms with Gasteiger partial charge in [0.05, 0.1) is 12.3 Å². The van der Waals surface area contributed by atoms with Crippen LogP contribution in [0.1, 0.15) is 5.56 Å². The molecule has 0 aliphatic heterocycles. The maximum atomic E-state index is 13.3. The van der Waals surface area contributed by atoms with E-state index in [0.29, 0.717) is 5.56 Å². The van der Waals surface area contributed by atoms with Gasteiger partial charge >= 0.3 is 0 Å². The predicted octanol–water partition coefficient (Wildman–Crippen LogP) is 2.17. The van der Waals surface area contributed by atoms with E-state index in [0.717, 1.165) is 11.8 Å². The Bertz CT molecular complexity index is 474. The summed E-state index contributed by atoms with van der Waals surface area (Å²) in [5.74, 6) is -0.422. The first kappa shape index (κ1) is 10.6. The second kappa shape index (κ2) is 4.72. The van der Waals surface area contributed by atoms with E-state index in [4.69, 9.17) is 5.11 Å². The van der Waals surface area contributed by atoms with Gasteiger partial charge in [-0.15, -0.1) is 0 Å². The first-order valence-corrected chi connectivity index (χ1v) is 4.88. The zero-order chi connectivity index (χ0) is 11.4. The fraction of sp³-hybridized carbons (Fsp3) is 0.0833. The number of rotatable bonds is 3. The first-order valence-electron chi connectivity index (χ1n) is 4.88. The predicted molar refractivity (Wildman–Crippen MR) is 59.7 cm³/mol. The quantitative estimate of drug-likeness (QED) is 0.857. The van der Waals surface area contributed by atoms with Gasteiger partial charge in [-0.25, -0.2) is 9.07 Å². The molecule has 0 saturated heterocycles. The van der Waals surface area contributed by atoms with Crippen LogP contribution in [-0.4, -0.2) is 21.5 Å². The summed E-state index contributed by atoms with van der Waals surface area (Å²) in [6.45, 7) is -0.299. The van der Waals surface area contributed by atoms with Gasteiger partial charge in [-0.05, 0) is 36.4 Å². The average molecular weight is 218 g/mol. The van der Waals surface area contributed by atoms with Crippen molar-refractivity contribution >= 4 is 5.83 Å². The van der Waals surface area contributed by atoms with Crippen molar-refractivity contribution < 1.29 is 9.50 Å². The zero-order valence-corrected chi connectivity index (χ0v) is 8.55. The highest BCUT2D eigenvalue weighted by Crippen LogP contribution is 2.17. The van der Waals surface area contributed by atoms with Gasteiger partial charge in [-0.2, -0.15) is 5.10 Å². The topological polar surface area (TPSA) is 38.0 Å². The number of hydrogen-bond donors (Lipinski definition) is 1. The number of aromatic nitrogens is 2. The summed E-state index contributed by atoms with van der Waals surface area (Å²) < 4.78 is 15.0. The number of halogens is 1. The Hall–Kier alpha value is -1.94. The molecule has 0 fully saturated rings. The van der Waals surface area contributed by atoms with Crippen LogP contribution in [0.3, 0.4) is 0 Å². The van der Waals surface area contributed by atoms with Gasteiger partial charge < -0.3 is 5.11 Å². The van der Waals surface area contributed by atoms with Crippen LogP contribution in [0.5, 0.6) is 0 Å². The van der Waals surface area contributed by atoms with E-state index in [2.05, 4.69) is 5.10 Å². The Morgan fingerprint density at radius 1 is 1.38 bits per heavy atom. The molecule has 3 nitrogen and oxygen atoms in total. The largest absolute Gasteiger partial charge is 0.392 e. The molecule has 1 aromatic carbocycles. The van der Waals surface area contributed by atoms with Crippen LogP contribution < -0.4 is 0 Å². The van der Waals surface area contributed by atoms with Crippen LogP contribution in [0.15, 0.2) is 48.8 Å². The third kappa shape index (κ3) is 2.17. The van der Waals surface area contributed by atoms with Crippen molar-refractivity contribution in [1.29, 1.82) is 0 Å². The summed E-state index contributed by atoms with van der Waals surface area (Å²) in [6, 6.07) is 8.66. The van der Waals surface area contributed by atoms with Gasteiger partial charge in [-0.1, -0.05) is 0 Å². The number of nitrogens with zero attached hydrogens (tertiary/aromatic N) is 2. The Morgan fingerprint density at radius 2 is 2.12 bits per heavy atom. The minimum absolute atomic E-state index is 0.299. The number of hydrogen-bond acceptors (Lipinski definition) is 2. The lowest BCUT2D eigenvalue weighted by atomic mass is 10.2.